The lowest BCUT2D eigenvalue weighted by Gasteiger charge is -2.29. The number of aryl methyl sites for hydroxylation is 1. The molecule has 0 radical (unpaired) electrons. The molecule has 1 aliphatic heterocycles. The number of halogens is 2. The Bertz CT molecular complexity index is 845. The highest BCUT2D eigenvalue weighted by Gasteiger charge is 2.24. The number of carbonyl (C=O) groups excluding carboxylic acids is 1. The molecule has 0 aromatic heterocycles. The Kier molecular flexibility index (Phi) is 4.98. The molecule has 25 heavy (non-hydrogen) atoms. The summed E-state index contributed by atoms with van der Waals surface area (Å²) in [6.45, 7) is 0.478. The van der Waals surface area contributed by atoms with Crippen molar-refractivity contribution in [2.45, 2.75) is 17.7 Å². The number of rotatable bonds is 4. The standard InChI is InChI=1S/C17H14F2N2O3S/c18-14-6-5-13(9-15(14)19)25-10-17(22)20-7-1-2-11-3-4-12(21(23)24)8-16(11)20/h3-6,8-9H,1-2,7,10H2. The van der Waals surface area contributed by atoms with Gasteiger partial charge in [0.05, 0.1) is 16.4 Å². The fourth-order valence-electron chi connectivity index (χ4n) is 2.73. The van der Waals surface area contributed by atoms with Crippen LogP contribution in [0.25, 0.3) is 0 Å². The van der Waals surface area contributed by atoms with Crippen LogP contribution in [0.4, 0.5) is 20.2 Å². The Morgan fingerprint density at radius 2 is 2.00 bits per heavy atom. The zero-order valence-electron chi connectivity index (χ0n) is 13.1. The third-order valence-corrected chi connectivity index (χ3v) is 4.93. The molecule has 3 rings (SSSR count). The molecule has 0 N–H and O–H groups in total. The zero-order chi connectivity index (χ0) is 18.0. The molecule has 1 aliphatic rings. The number of carbonyl (C=O) groups is 1. The minimum Gasteiger partial charge on any atom is -0.311 e. The number of amides is 1. The molecule has 0 aliphatic carbocycles. The maximum atomic E-state index is 13.2. The van der Waals surface area contributed by atoms with E-state index in [9.17, 15) is 23.7 Å². The van der Waals surface area contributed by atoms with Crippen LogP contribution in [0.1, 0.15) is 12.0 Å². The van der Waals surface area contributed by atoms with Crippen molar-refractivity contribution in [2.75, 3.05) is 17.2 Å². The van der Waals surface area contributed by atoms with Gasteiger partial charge in [-0.05, 0) is 36.6 Å². The van der Waals surface area contributed by atoms with Gasteiger partial charge in [-0.15, -0.1) is 11.8 Å². The lowest BCUT2D eigenvalue weighted by atomic mass is 10.0. The second kappa shape index (κ2) is 7.18. The maximum Gasteiger partial charge on any atom is 0.271 e. The van der Waals surface area contributed by atoms with Crippen molar-refractivity contribution < 1.29 is 18.5 Å². The molecule has 5 nitrogen and oxygen atoms in total. The van der Waals surface area contributed by atoms with E-state index in [1.54, 1.807) is 6.07 Å². The number of non-ortho nitro benzene ring substituents is 1. The molecule has 1 amide bonds. The van der Waals surface area contributed by atoms with Crippen LogP contribution in [0.15, 0.2) is 41.3 Å². The average molecular weight is 364 g/mol. The van der Waals surface area contributed by atoms with Crippen LogP contribution in [0.3, 0.4) is 0 Å². The number of nitrogens with zero attached hydrogens (tertiary/aromatic N) is 2. The predicted octanol–water partition coefficient (Wildman–Crippen LogP) is 3.94. The van der Waals surface area contributed by atoms with E-state index < -0.39 is 16.6 Å². The van der Waals surface area contributed by atoms with E-state index in [2.05, 4.69) is 0 Å². The minimum absolute atomic E-state index is 0.0349. The number of benzene rings is 2. The molecule has 0 unspecified atom stereocenters. The van der Waals surface area contributed by atoms with Gasteiger partial charge in [-0.25, -0.2) is 8.78 Å². The van der Waals surface area contributed by atoms with Gasteiger partial charge in [0.2, 0.25) is 5.91 Å². The fraction of sp³-hybridized carbons (Fsp3) is 0.235. The van der Waals surface area contributed by atoms with E-state index in [0.29, 0.717) is 17.1 Å². The van der Waals surface area contributed by atoms with Gasteiger partial charge in [0.25, 0.3) is 5.69 Å². The monoisotopic (exact) mass is 364 g/mol. The van der Waals surface area contributed by atoms with Crippen LogP contribution in [-0.2, 0) is 11.2 Å². The van der Waals surface area contributed by atoms with Crippen LogP contribution >= 0.6 is 11.8 Å². The summed E-state index contributed by atoms with van der Waals surface area (Å²) >= 11 is 1.10. The molecular weight excluding hydrogens is 350 g/mol. The first-order valence-electron chi connectivity index (χ1n) is 7.61. The van der Waals surface area contributed by atoms with E-state index in [4.69, 9.17) is 0 Å². The minimum atomic E-state index is -0.962. The molecule has 1 heterocycles. The highest BCUT2D eigenvalue weighted by atomic mass is 32.2. The normalized spacial score (nSPS) is 13.4. The summed E-state index contributed by atoms with van der Waals surface area (Å²) in [5.74, 6) is -2.09. The van der Waals surface area contributed by atoms with E-state index >= 15 is 0 Å². The van der Waals surface area contributed by atoms with Gasteiger partial charge in [-0.2, -0.15) is 0 Å². The quantitative estimate of drug-likeness (QED) is 0.468. The Morgan fingerprint density at radius 3 is 2.72 bits per heavy atom. The predicted molar refractivity (Wildman–Crippen MR) is 90.9 cm³/mol. The topological polar surface area (TPSA) is 63.5 Å². The molecule has 0 saturated heterocycles. The average Bonchev–Trinajstić information content (AvgIpc) is 2.61. The number of thioether (sulfide) groups is 1. The number of fused-ring (bicyclic) bond motifs is 1. The smallest absolute Gasteiger partial charge is 0.271 e. The number of hydrogen-bond donors (Lipinski definition) is 0. The molecule has 0 spiro atoms. The van der Waals surface area contributed by atoms with Crippen LogP contribution in [0.2, 0.25) is 0 Å². The Hall–Kier alpha value is -2.48. The summed E-state index contributed by atoms with van der Waals surface area (Å²) < 4.78 is 26.2. The fourth-order valence-corrected chi connectivity index (χ4v) is 3.52. The summed E-state index contributed by atoms with van der Waals surface area (Å²) in [5, 5.41) is 11.0. The van der Waals surface area contributed by atoms with Gasteiger partial charge in [0.1, 0.15) is 0 Å². The summed E-state index contributed by atoms with van der Waals surface area (Å²) in [6, 6.07) is 7.99. The molecular formula is C17H14F2N2O3S. The van der Waals surface area contributed by atoms with Crippen molar-refractivity contribution in [3.63, 3.8) is 0 Å². The Balaban J connectivity index is 1.76. The van der Waals surface area contributed by atoms with Crippen LogP contribution in [0.5, 0.6) is 0 Å². The molecule has 0 bridgehead atoms. The van der Waals surface area contributed by atoms with Gasteiger partial charge in [-0.3, -0.25) is 14.9 Å². The largest absolute Gasteiger partial charge is 0.311 e. The summed E-state index contributed by atoms with van der Waals surface area (Å²) in [6.07, 6.45) is 1.53. The Morgan fingerprint density at radius 1 is 1.20 bits per heavy atom. The van der Waals surface area contributed by atoms with Crippen LogP contribution in [0, 0.1) is 21.7 Å². The number of nitro benzene ring substituents is 1. The third-order valence-electron chi connectivity index (χ3n) is 3.95. The second-order valence-electron chi connectivity index (χ2n) is 5.58. The summed E-state index contributed by atoms with van der Waals surface area (Å²) in [4.78, 5) is 25.0. The zero-order valence-corrected chi connectivity index (χ0v) is 13.9. The summed E-state index contributed by atoms with van der Waals surface area (Å²) in [5.41, 5.74) is 1.38. The first-order chi connectivity index (χ1) is 12.0. The molecule has 2 aromatic rings. The van der Waals surface area contributed by atoms with Crippen molar-refractivity contribution in [3.8, 4) is 0 Å². The van der Waals surface area contributed by atoms with E-state index in [-0.39, 0.29) is 17.3 Å². The number of anilines is 1. The lowest BCUT2D eigenvalue weighted by Crippen LogP contribution is -2.36. The van der Waals surface area contributed by atoms with Gasteiger partial charge in [-0.1, -0.05) is 6.07 Å². The lowest BCUT2D eigenvalue weighted by molar-refractivity contribution is -0.384. The van der Waals surface area contributed by atoms with Gasteiger partial charge in [0.15, 0.2) is 11.6 Å². The molecule has 0 fully saturated rings. The maximum absolute atomic E-state index is 13.2. The molecule has 0 atom stereocenters. The van der Waals surface area contributed by atoms with Gasteiger partial charge < -0.3 is 4.90 Å². The Labute approximate surface area is 146 Å². The van der Waals surface area contributed by atoms with Crippen molar-refractivity contribution in [1.82, 2.24) is 0 Å². The molecule has 0 saturated carbocycles. The molecule has 8 heteroatoms. The van der Waals surface area contributed by atoms with Gasteiger partial charge >= 0.3 is 0 Å². The van der Waals surface area contributed by atoms with Crippen molar-refractivity contribution in [2.24, 2.45) is 0 Å². The number of nitro groups is 1. The van der Waals surface area contributed by atoms with E-state index in [1.165, 1.54) is 23.1 Å². The second-order valence-corrected chi connectivity index (χ2v) is 6.63. The van der Waals surface area contributed by atoms with Crippen LogP contribution in [-0.4, -0.2) is 23.1 Å². The van der Waals surface area contributed by atoms with Gasteiger partial charge in [0, 0.05) is 23.6 Å². The summed E-state index contributed by atoms with van der Waals surface area (Å²) in [7, 11) is 0. The van der Waals surface area contributed by atoms with Crippen molar-refractivity contribution >= 4 is 29.0 Å². The van der Waals surface area contributed by atoms with Crippen LogP contribution < -0.4 is 4.90 Å². The van der Waals surface area contributed by atoms with E-state index in [1.807, 2.05) is 0 Å². The van der Waals surface area contributed by atoms with E-state index in [0.717, 1.165) is 42.3 Å². The van der Waals surface area contributed by atoms with Crippen molar-refractivity contribution in [1.29, 1.82) is 0 Å². The number of hydrogen-bond acceptors (Lipinski definition) is 4. The first kappa shape index (κ1) is 17.3. The van der Waals surface area contributed by atoms with Crippen molar-refractivity contribution in [3.05, 3.63) is 63.7 Å². The molecule has 130 valence electrons. The SMILES string of the molecule is O=C(CSc1ccc(F)c(F)c1)N1CCCc2ccc([N+](=O)[O-])cc21. The molecule has 2 aromatic carbocycles. The first-order valence-corrected chi connectivity index (χ1v) is 8.60. The highest BCUT2D eigenvalue weighted by molar-refractivity contribution is 8.00. The third kappa shape index (κ3) is 3.79. The highest BCUT2D eigenvalue weighted by Crippen LogP contribution is 2.32.